The van der Waals surface area contributed by atoms with Crippen LogP contribution in [0.25, 0.3) is 36.5 Å². The molecule has 762 valence electrons. The van der Waals surface area contributed by atoms with E-state index in [1.807, 2.05) is 100 Å². The number of hydrogen-bond acceptors (Lipinski definition) is 18. The number of alkyl halides is 3. The first-order valence-corrected chi connectivity index (χ1v) is 50.1. The van der Waals surface area contributed by atoms with Crippen LogP contribution >= 0.6 is 170 Å². The van der Waals surface area contributed by atoms with Crippen molar-refractivity contribution in [3.8, 4) is 34.5 Å². The van der Waals surface area contributed by atoms with Crippen molar-refractivity contribution in [1.29, 1.82) is 0 Å². The van der Waals surface area contributed by atoms with Gasteiger partial charge in [-0.25, -0.2) is 0 Å². The second-order valence-corrected chi connectivity index (χ2v) is 39.2. The summed E-state index contributed by atoms with van der Waals surface area (Å²) in [6, 6.07) is 60.6. The van der Waals surface area contributed by atoms with Crippen molar-refractivity contribution < 1.29 is 99.1 Å². The second kappa shape index (κ2) is 60.0. The largest absolute Gasteiger partial charge is 0.483 e. The Morgan fingerprint density at radius 2 is 0.585 bits per heavy atom. The number of rotatable bonds is 36. The van der Waals surface area contributed by atoms with Gasteiger partial charge in [-0.2, -0.15) is 13.2 Å². The molecule has 147 heavy (non-hydrogen) atoms. The summed E-state index contributed by atoms with van der Waals surface area (Å²) in [4.78, 5) is 140. The molecule has 0 aromatic heterocycles. The number of ether oxygens (including phenoxy) is 6. The van der Waals surface area contributed by atoms with Crippen molar-refractivity contribution in [3.63, 3.8) is 0 Å². The molecule has 0 fully saturated rings. The van der Waals surface area contributed by atoms with E-state index >= 15 is 0 Å². The van der Waals surface area contributed by atoms with E-state index in [0.29, 0.717) is 90.4 Å². The Morgan fingerprint density at radius 1 is 0.272 bits per heavy atom. The fourth-order valence-corrected chi connectivity index (χ4v) is 15.9. The highest BCUT2D eigenvalue weighted by molar-refractivity contribution is 9.11. The van der Waals surface area contributed by atoms with Crippen LogP contribution in [0.1, 0.15) is 129 Å². The van der Waals surface area contributed by atoms with Gasteiger partial charge in [-0.05, 0) is 297 Å². The Kier molecular flexibility index (Phi) is 49.5. The zero-order valence-electron chi connectivity index (χ0n) is 77.9. The van der Waals surface area contributed by atoms with Gasteiger partial charge in [0.2, 0.25) is 0 Å². The van der Waals surface area contributed by atoms with E-state index < -0.39 is 59.6 Å². The number of primary amides is 6. The maximum Gasteiger partial charge on any atom is 0.416 e. The van der Waals surface area contributed by atoms with E-state index in [1.54, 1.807) is 153 Å². The van der Waals surface area contributed by atoms with Crippen LogP contribution in [0.4, 0.5) is 13.2 Å². The predicted molar refractivity (Wildman–Crippen MR) is 593 cm³/mol. The molecule has 0 bridgehead atoms. The number of ketones is 6. The molecule has 0 aliphatic heterocycles. The smallest absolute Gasteiger partial charge is 0.416 e. The fourth-order valence-electron chi connectivity index (χ4n) is 12.2. The lowest BCUT2D eigenvalue weighted by Gasteiger charge is -2.09. The molecule has 0 radical (unpaired) electrons. The minimum atomic E-state index is -4.47. The highest BCUT2D eigenvalue weighted by Gasteiger charge is 2.31. The molecular formula is C108H87Br7Cl5F3N6O18. The molecule has 12 rings (SSSR count). The third kappa shape index (κ3) is 41.9. The van der Waals surface area contributed by atoms with Gasteiger partial charge < -0.3 is 62.8 Å². The first-order chi connectivity index (χ1) is 69.4. The molecule has 0 saturated carbocycles. The van der Waals surface area contributed by atoms with E-state index in [9.17, 15) is 70.7 Å². The predicted octanol–water partition coefficient (Wildman–Crippen LogP) is 25.8. The van der Waals surface area contributed by atoms with E-state index in [0.717, 1.165) is 85.1 Å². The highest BCUT2D eigenvalue weighted by Crippen LogP contribution is 2.37. The van der Waals surface area contributed by atoms with Crippen LogP contribution in [0, 0.1) is 34.6 Å². The summed E-state index contributed by atoms with van der Waals surface area (Å²) in [5.41, 5.74) is 39.6. The molecule has 0 aliphatic rings. The molecule has 0 aliphatic carbocycles. The standard InChI is InChI=1S/C19H15BrF3NO3.C18H14BrCl2NO3.3C18H15BrClNO3.C17H13Br2NO3/c1-11-6-12(8-13(7-11)19(21,22)23)2-4-16(25)15-9-14(20)3-5-17(15)27-10-18(24)26;1-10-2-5-14(20)12(18(10)21)4-6-15(23)13-8-11(19)3-7-16(13)25-9-17(22)24;1-11-2-3-12(8-15(11)20)4-6-16(22)14-9-13(19)5-7-17(14)24-10-18(21)23;1-11-2-3-12(15(20)8-11)4-6-16(22)14-9-13(19)5-7-17(14)24-10-18(21)23;1-11-3-2-4-12(18(11)20)5-7-15(22)14-9-13(19)6-8-16(14)24-10-17(21)23;18-12-3-1-2-11(8-12)4-6-15(21)14-9-13(19)5-7-16(14)23-10-17(20)22/h2-9H,10H2,1H3,(H2,24,26);2-8H,9H2,1H3,(H2,22,24);3*2-9H,10H2,1H3,(H2,21,23);1-9H,10H2,(H2,20,22)/b4-2+;3*6-4+;7-5+;6-4+. The van der Waals surface area contributed by atoms with E-state index in [-0.39, 0.29) is 90.1 Å². The summed E-state index contributed by atoms with van der Waals surface area (Å²) in [5.74, 6) is -4.01. The van der Waals surface area contributed by atoms with Crippen molar-refractivity contribution in [2.75, 3.05) is 39.6 Å². The third-order valence-corrected chi connectivity index (χ3v) is 24.7. The molecule has 6 amide bonds. The van der Waals surface area contributed by atoms with Gasteiger partial charge in [0.1, 0.15) is 34.5 Å². The summed E-state index contributed by atoms with van der Waals surface area (Å²) >= 11 is 54.0. The zero-order valence-corrected chi connectivity index (χ0v) is 92.8. The number of nitrogens with two attached hydrogens (primary N) is 6. The third-order valence-electron chi connectivity index (χ3n) is 19.1. The van der Waals surface area contributed by atoms with Crippen LogP contribution in [0.5, 0.6) is 34.5 Å². The lowest BCUT2D eigenvalue weighted by molar-refractivity contribution is -0.137. The van der Waals surface area contributed by atoms with Crippen LogP contribution in [0.3, 0.4) is 0 Å². The number of carbonyl (C=O) groups is 12. The Balaban J connectivity index is 0.000000239. The molecule has 12 aromatic carbocycles. The number of hydrogen-bond donors (Lipinski definition) is 6. The normalized spacial score (nSPS) is 10.9. The molecular weight excluding hydrogens is 2460 g/mol. The first kappa shape index (κ1) is 121. The van der Waals surface area contributed by atoms with Gasteiger partial charge in [-0.15, -0.1) is 0 Å². The van der Waals surface area contributed by atoms with E-state index in [4.69, 9.17) is 121 Å². The molecule has 0 spiro atoms. The molecule has 24 nitrogen and oxygen atoms in total. The average Bonchev–Trinajstić information content (AvgIpc) is 0.836. The highest BCUT2D eigenvalue weighted by atomic mass is 79.9. The van der Waals surface area contributed by atoms with Crippen LogP contribution in [0.15, 0.2) is 286 Å². The first-order valence-electron chi connectivity index (χ1n) is 42.7. The summed E-state index contributed by atoms with van der Waals surface area (Å²) in [7, 11) is 0. The van der Waals surface area contributed by atoms with Gasteiger partial charge in [-0.1, -0.05) is 254 Å². The van der Waals surface area contributed by atoms with Gasteiger partial charge in [0.15, 0.2) is 74.3 Å². The van der Waals surface area contributed by atoms with Crippen molar-refractivity contribution in [3.05, 3.63) is 411 Å². The van der Waals surface area contributed by atoms with Crippen LogP contribution < -0.4 is 62.8 Å². The number of carbonyl (C=O) groups excluding carboxylic acids is 12. The van der Waals surface area contributed by atoms with Gasteiger partial charge >= 0.3 is 6.18 Å². The van der Waals surface area contributed by atoms with Gasteiger partial charge in [0, 0.05) is 51.9 Å². The molecule has 12 aromatic rings. The minimum Gasteiger partial charge on any atom is -0.483 e. The molecule has 39 heteroatoms. The molecule has 0 saturated heterocycles. The van der Waals surface area contributed by atoms with Crippen molar-refractivity contribution in [2.24, 2.45) is 34.4 Å². The molecule has 0 unspecified atom stereocenters. The minimum absolute atomic E-state index is 0.144. The van der Waals surface area contributed by atoms with Crippen molar-refractivity contribution in [1.82, 2.24) is 0 Å². The van der Waals surface area contributed by atoms with Crippen LogP contribution in [-0.4, -0.2) is 110 Å². The van der Waals surface area contributed by atoms with Crippen molar-refractivity contribution >= 4 is 276 Å². The monoisotopic (exact) mass is 2540 g/mol. The van der Waals surface area contributed by atoms with Gasteiger partial charge in [0.25, 0.3) is 35.4 Å². The lowest BCUT2D eigenvalue weighted by Crippen LogP contribution is -2.20. The maximum atomic E-state index is 12.9. The summed E-state index contributed by atoms with van der Waals surface area (Å²) in [5, 5.41) is 2.73. The molecule has 12 N–H and O–H groups in total. The van der Waals surface area contributed by atoms with Crippen LogP contribution in [-0.2, 0) is 34.9 Å². The molecule has 0 heterocycles. The van der Waals surface area contributed by atoms with Crippen molar-refractivity contribution in [2.45, 2.75) is 40.8 Å². The number of benzene rings is 12. The molecule has 0 atom stereocenters. The number of allylic oxidation sites excluding steroid dienone is 6. The number of amides is 6. The zero-order chi connectivity index (χ0) is 109. The van der Waals surface area contributed by atoms with Gasteiger partial charge in [-0.3, -0.25) is 57.5 Å². The topological polar surface area (TPSA) is 416 Å². The maximum absolute atomic E-state index is 12.9. The Labute approximate surface area is 927 Å². The summed E-state index contributed by atoms with van der Waals surface area (Å²) in [6.45, 7) is 7.24. The average molecular weight is 2550 g/mol. The summed E-state index contributed by atoms with van der Waals surface area (Å²) in [6.07, 6.45) is 13.3. The fraction of sp³-hybridized carbons (Fsp3) is 0.111. The summed E-state index contributed by atoms with van der Waals surface area (Å²) < 4.78 is 75.5. The number of halogens is 15. The van der Waals surface area contributed by atoms with E-state index in [2.05, 4.69) is 112 Å². The second-order valence-electron chi connectivity index (χ2n) is 30.8. The van der Waals surface area contributed by atoms with Gasteiger partial charge in [0.05, 0.1) is 49.0 Å². The van der Waals surface area contributed by atoms with Crippen LogP contribution in [0.2, 0.25) is 25.1 Å². The number of aryl methyl sites for hydroxylation is 5. The Bertz CT molecular complexity index is 7170. The Hall–Kier alpha value is -12.7. The quantitative estimate of drug-likeness (QED) is 0.0157. The SMILES string of the molecule is Cc1cc(/C=C/C(=O)c2cc(Br)ccc2OCC(N)=O)cc(C(F)(F)F)c1.Cc1ccc(/C=C/C(=O)c2cc(Br)ccc2OCC(N)=O)c(Cl)c1.Cc1ccc(/C=C/C(=O)c2cc(Br)ccc2OCC(N)=O)cc1Cl.Cc1ccc(Cl)c(/C=C/C(=O)c2cc(Br)ccc2OCC(N)=O)c1Cl.Cc1cccc(/C=C/C(=O)c2cc(Br)ccc2OCC(N)=O)c1Cl.NC(=O)COc1ccc(Br)cc1C(=O)/C=C/c1cccc(Br)c1. The Morgan fingerprint density at radius 3 is 0.925 bits per heavy atom. The lowest BCUT2D eigenvalue weighted by atomic mass is 10.0. The van der Waals surface area contributed by atoms with E-state index in [1.165, 1.54) is 54.7 Å².